The zero-order chi connectivity index (χ0) is 15.5. The molecule has 0 atom stereocenters. The molecular weight excluding hydrogens is 294 g/mol. The first-order chi connectivity index (χ1) is 10.6. The van der Waals surface area contributed by atoms with E-state index in [1.807, 2.05) is 28.6 Å². The number of quaternary nitrogens is 1. The summed E-state index contributed by atoms with van der Waals surface area (Å²) in [5.74, 6) is 0.00255. The largest absolute Gasteiger partial charge is 0.335 e. The first-order valence-electron chi connectivity index (χ1n) is 7.66. The highest BCUT2D eigenvalue weighted by Crippen LogP contribution is 2.32. The van der Waals surface area contributed by atoms with Crippen LogP contribution >= 0.6 is 11.3 Å². The van der Waals surface area contributed by atoms with Gasteiger partial charge >= 0.3 is 0 Å². The van der Waals surface area contributed by atoms with Gasteiger partial charge in [-0.1, -0.05) is 30.3 Å². The minimum absolute atomic E-state index is 0.00255. The predicted molar refractivity (Wildman–Crippen MR) is 90.2 cm³/mol. The third-order valence-electron chi connectivity index (χ3n) is 4.16. The lowest BCUT2D eigenvalue weighted by Crippen LogP contribution is -3.12. The van der Waals surface area contributed by atoms with Crippen LogP contribution in [0.15, 0.2) is 35.7 Å². The van der Waals surface area contributed by atoms with Crippen molar-refractivity contribution in [2.24, 2.45) is 0 Å². The van der Waals surface area contributed by atoms with Crippen LogP contribution in [0.25, 0.3) is 11.1 Å². The third kappa shape index (κ3) is 3.21. The van der Waals surface area contributed by atoms with E-state index in [9.17, 15) is 4.79 Å². The summed E-state index contributed by atoms with van der Waals surface area (Å²) in [6.45, 7) is 6.01. The molecule has 2 N–H and O–H groups in total. The number of carbonyl (C=O) groups excluding carboxylic acids is 1. The summed E-state index contributed by atoms with van der Waals surface area (Å²) >= 11 is 1.63. The fraction of sp³-hybridized carbons (Fsp3) is 0.353. The van der Waals surface area contributed by atoms with Gasteiger partial charge < -0.3 is 4.90 Å². The Morgan fingerprint density at radius 1 is 1.23 bits per heavy atom. The average Bonchev–Trinajstić information content (AvgIpc) is 2.92. The Labute approximate surface area is 135 Å². The summed E-state index contributed by atoms with van der Waals surface area (Å²) in [6, 6.07) is 10.1. The number of benzene rings is 1. The molecule has 1 aromatic carbocycles. The Balaban J connectivity index is 1.79. The van der Waals surface area contributed by atoms with E-state index in [1.165, 1.54) is 9.78 Å². The molecule has 0 aliphatic carbocycles. The van der Waals surface area contributed by atoms with Gasteiger partial charge in [0.25, 0.3) is 5.91 Å². The highest BCUT2D eigenvalue weighted by atomic mass is 32.1. The van der Waals surface area contributed by atoms with Crippen molar-refractivity contribution in [2.45, 2.75) is 6.92 Å². The number of rotatable bonds is 3. The second-order valence-corrected chi connectivity index (χ2v) is 6.92. The molecule has 2 heterocycles. The Bertz CT molecular complexity index is 645. The number of carbonyl (C=O) groups is 1. The number of nitrogens with zero attached hydrogens (tertiary/aromatic N) is 1. The molecule has 1 amide bonds. The van der Waals surface area contributed by atoms with Gasteiger partial charge in [0.1, 0.15) is 0 Å². The Morgan fingerprint density at radius 3 is 2.59 bits per heavy atom. The Morgan fingerprint density at radius 2 is 1.91 bits per heavy atom. The zero-order valence-electron chi connectivity index (χ0n) is 13.1. The topological polar surface area (TPSA) is 36.8 Å². The number of amides is 1. The van der Waals surface area contributed by atoms with Crippen molar-refractivity contribution in [1.82, 2.24) is 10.4 Å². The van der Waals surface area contributed by atoms with Crippen molar-refractivity contribution in [1.29, 1.82) is 0 Å². The quantitative estimate of drug-likeness (QED) is 0.893. The van der Waals surface area contributed by atoms with Crippen molar-refractivity contribution in [2.75, 3.05) is 33.2 Å². The van der Waals surface area contributed by atoms with Crippen molar-refractivity contribution >= 4 is 17.2 Å². The Hall–Kier alpha value is -1.69. The molecule has 4 nitrogen and oxygen atoms in total. The molecule has 0 radical (unpaired) electrons. The minimum atomic E-state index is 0.00255. The molecule has 116 valence electrons. The van der Waals surface area contributed by atoms with Crippen LogP contribution in [0.2, 0.25) is 0 Å². The molecule has 1 saturated heterocycles. The van der Waals surface area contributed by atoms with Gasteiger partial charge in [-0.2, -0.15) is 0 Å². The van der Waals surface area contributed by atoms with Gasteiger partial charge in [0.2, 0.25) is 0 Å². The van der Waals surface area contributed by atoms with Crippen molar-refractivity contribution in [3.63, 3.8) is 0 Å². The summed E-state index contributed by atoms with van der Waals surface area (Å²) in [7, 11) is 2.19. The number of hydrogen-bond acceptors (Lipinski definition) is 3. The molecule has 1 fully saturated rings. The van der Waals surface area contributed by atoms with Crippen LogP contribution in [-0.2, 0) is 0 Å². The lowest BCUT2D eigenvalue weighted by Gasteiger charge is -2.30. The van der Waals surface area contributed by atoms with Crippen LogP contribution in [0, 0.1) is 6.92 Å². The number of nitrogens with one attached hydrogen (secondary N) is 2. The van der Waals surface area contributed by atoms with Crippen LogP contribution < -0.4 is 10.3 Å². The van der Waals surface area contributed by atoms with Crippen molar-refractivity contribution in [3.8, 4) is 11.1 Å². The number of hydrazine groups is 1. The molecule has 0 spiro atoms. The van der Waals surface area contributed by atoms with Crippen LogP contribution in [0.4, 0.5) is 0 Å². The smallest absolute Gasteiger partial charge is 0.267 e. The average molecular weight is 316 g/mol. The molecule has 3 rings (SSSR count). The highest BCUT2D eigenvalue weighted by Gasteiger charge is 2.22. The van der Waals surface area contributed by atoms with E-state index in [1.54, 1.807) is 11.3 Å². The van der Waals surface area contributed by atoms with E-state index in [4.69, 9.17) is 0 Å². The summed E-state index contributed by atoms with van der Waals surface area (Å²) in [5, 5.41) is 4.01. The number of aryl methyl sites for hydroxylation is 1. The molecule has 0 unspecified atom stereocenters. The Kier molecular flexibility index (Phi) is 4.57. The maximum absolute atomic E-state index is 12.6. The van der Waals surface area contributed by atoms with Crippen LogP contribution in [0.3, 0.4) is 0 Å². The second kappa shape index (κ2) is 6.60. The van der Waals surface area contributed by atoms with Gasteiger partial charge in [-0.05, 0) is 12.5 Å². The van der Waals surface area contributed by atoms with Gasteiger partial charge in [0.05, 0.1) is 38.8 Å². The van der Waals surface area contributed by atoms with Gasteiger partial charge in [0.15, 0.2) is 0 Å². The van der Waals surface area contributed by atoms with E-state index < -0.39 is 0 Å². The fourth-order valence-corrected chi connectivity index (χ4v) is 3.65. The van der Waals surface area contributed by atoms with E-state index in [2.05, 4.69) is 31.5 Å². The minimum Gasteiger partial charge on any atom is -0.335 e. The molecule has 1 aliphatic heterocycles. The van der Waals surface area contributed by atoms with Gasteiger partial charge in [-0.25, -0.2) is 5.01 Å². The second-order valence-electron chi connectivity index (χ2n) is 5.83. The van der Waals surface area contributed by atoms with Gasteiger partial charge in [0, 0.05) is 15.8 Å². The van der Waals surface area contributed by atoms with Gasteiger partial charge in [-0.3, -0.25) is 10.2 Å². The van der Waals surface area contributed by atoms with Gasteiger partial charge in [-0.15, -0.1) is 11.3 Å². The van der Waals surface area contributed by atoms with Crippen LogP contribution in [-0.4, -0.2) is 44.1 Å². The molecule has 0 saturated carbocycles. The molecule has 22 heavy (non-hydrogen) atoms. The maximum atomic E-state index is 12.6. The standard InChI is InChI=1S/C17H21N3OS/c1-13-16(14-6-4-3-5-7-14)15(12-22-13)17(21)18-20-10-8-19(2)9-11-20/h3-7,12H,8-11H2,1-2H3,(H,18,21)/p+1. The van der Waals surface area contributed by atoms with E-state index in [0.29, 0.717) is 0 Å². The number of likely N-dealkylation sites (N-methyl/N-ethyl adjacent to an activating group) is 1. The first-order valence-corrected chi connectivity index (χ1v) is 8.54. The van der Waals surface area contributed by atoms with Crippen LogP contribution in [0.1, 0.15) is 15.2 Å². The summed E-state index contributed by atoms with van der Waals surface area (Å²) in [6.07, 6.45) is 0. The molecular formula is C17H22N3OS+. The molecule has 1 aliphatic rings. The van der Waals surface area contributed by atoms with E-state index >= 15 is 0 Å². The predicted octanol–water partition coefficient (Wildman–Crippen LogP) is 1.20. The fourth-order valence-electron chi connectivity index (χ4n) is 2.79. The summed E-state index contributed by atoms with van der Waals surface area (Å²) in [5.41, 5.74) is 6.01. The van der Waals surface area contributed by atoms with Crippen LogP contribution in [0.5, 0.6) is 0 Å². The number of hydrogen-bond donors (Lipinski definition) is 2. The lowest BCUT2D eigenvalue weighted by atomic mass is 10.0. The maximum Gasteiger partial charge on any atom is 0.267 e. The van der Waals surface area contributed by atoms with Crippen molar-refractivity contribution in [3.05, 3.63) is 46.2 Å². The third-order valence-corrected chi connectivity index (χ3v) is 5.07. The summed E-state index contributed by atoms with van der Waals surface area (Å²) < 4.78 is 0. The van der Waals surface area contributed by atoms with Crippen molar-refractivity contribution < 1.29 is 9.69 Å². The van der Waals surface area contributed by atoms with E-state index in [-0.39, 0.29) is 5.91 Å². The normalized spacial score (nSPS) is 16.6. The first kappa shape index (κ1) is 15.2. The highest BCUT2D eigenvalue weighted by molar-refractivity contribution is 7.10. The monoisotopic (exact) mass is 316 g/mol. The van der Waals surface area contributed by atoms with E-state index in [0.717, 1.165) is 42.9 Å². The number of piperazine rings is 1. The molecule has 2 aromatic rings. The SMILES string of the molecule is Cc1scc(C(=O)NN2CC[NH+](C)CC2)c1-c1ccccc1. The number of thiophene rings is 1. The molecule has 1 aromatic heterocycles. The molecule has 5 heteroatoms. The summed E-state index contributed by atoms with van der Waals surface area (Å²) in [4.78, 5) is 15.3. The molecule has 0 bridgehead atoms. The zero-order valence-corrected chi connectivity index (χ0v) is 13.9. The lowest BCUT2D eigenvalue weighted by molar-refractivity contribution is -0.884.